The van der Waals surface area contributed by atoms with E-state index in [4.69, 9.17) is 0 Å². The average Bonchev–Trinajstić information content (AvgIpc) is 2.63. The summed E-state index contributed by atoms with van der Waals surface area (Å²) in [7, 11) is 0. The predicted octanol–water partition coefficient (Wildman–Crippen LogP) is 5.13. The number of amides is 1. The van der Waals surface area contributed by atoms with E-state index in [9.17, 15) is 4.79 Å². The number of carbonyl (C=O) groups excluding carboxylic acids is 1. The van der Waals surface area contributed by atoms with Crippen LogP contribution in [0.3, 0.4) is 0 Å². The van der Waals surface area contributed by atoms with E-state index in [0.29, 0.717) is 0 Å². The van der Waals surface area contributed by atoms with E-state index < -0.39 is 0 Å². The fraction of sp³-hybridized carbons (Fsp3) is 0.174. The number of aryl methyl sites for hydroxylation is 3. The van der Waals surface area contributed by atoms with Crippen LogP contribution in [0.5, 0.6) is 0 Å². The Bertz CT molecular complexity index is 884. The monoisotopic (exact) mass is 329 g/mol. The van der Waals surface area contributed by atoms with E-state index in [0.717, 1.165) is 33.4 Å². The first kappa shape index (κ1) is 17.0. The molecule has 0 heterocycles. The van der Waals surface area contributed by atoms with Crippen LogP contribution in [0.25, 0.3) is 0 Å². The molecule has 0 aromatic heterocycles. The Morgan fingerprint density at radius 2 is 1.48 bits per heavy atom. The summed E-state index contributed by atoms with van der Waals surface area (Å²) in [6.45, 7) is 6.06. The Hall–Kier alpha value is -2.87. The highest BCUT2D eigenvalue weighted by atomic mass is 16.1. The van der Waals surface area contributed by atoms with Crippen LogP contribution in [0.2, 0.25) is 0 Å². The van der Waals surface area contributed by atoms with Gasteiger partial charge in [-0.05, 0) is 49.1 Å². The molecule has 0 fully saturated rings. The van der Waals surface area contributed by atoms with Gasteiger partial charge in [0.15, 0.2) is 0 Å². The second kappa shape index (κ2) is 7.35. The highest BCUT2D eigenvalue weighted by molar-refractivity contribution is 5.96. The van der Waals surface area contributed by atoms with Crippen molar-refractivity contribution < 1.29 is 4.79 Å². The van der Waals surface area contributed by atoms with E-state index >= 15 is 0 Å². The molecule has 3 aromatic carbocycles. The van der Waals surface area contributed by atoms with Crippen molar-refractivity contribution in [3.63, 3.8) is 0 Å². The molecule has 0 aliphatic rings. The van der Waals surface area contributed by atoms with Gasteiger partial charge in [0.2, 0.25) is 0 Å². The zero-order chi connectivity index (χ0) is 17.8. The van der Waals surface area contributed by atoms with Gasteiger partial charge in [-0.25, -0.2) is 0 Å². The van der Waals surface area contributed by atoms with Gasteiger partial charge in [0, 0.05) is 5.56 Å². The molecule has 25 heavy (non-hydrogen) atoms. The van der Waals surface area contributed by atoms with Gasteiger partial charge >= 0.3 is 0 Å². The highest BCUT2D eigenvalue weighted by Gasteiger charge is 2.20. The van der Waals surface area contributed by atoms with Gasteiger partial charge < -0.3 is 5.32 Å². The number of benzene rings is 3. The number of carbonyl (C=O) groups is 1. The van der Waals surface area contributed by atoms with Crippen LogP contribution >= 0.6 is 0 Å². The van der Waals surface area contributed by atoms with Crippen LogP contribution in [0, 0.1) is 20.8 Å². The molecule has 0 aliphatic carbocycles. The summed E-state index contributed by atoms with van der Waals surface area (Å²) in [6.07, 6.45) is 0. The number of hydrogen-bond donors (Lipinski definition) is 1. The largest absolute Gasteiger partial charge is 0.341 e. The summed E-state index contributed by atoms with van der Waals surface area (Å²) >= 11 is 0. The van der Waals surface area contributed by atoms with Crippen molar-refractivity contribution in [2.24, 2.45) is 0 Å². The van der Waals surface area contributed by atoms with E-state index in [1.54, 1.807) is 0 Å². The van der Waals surface area contributed by atoms with Gasteiger partial charge in [0.05, 0.1) is 6.04 Å². The van der Waals surface area contributed by atoms with Gasteiger partial charge in [-0.2, -0.15) is 0 Å². The van der Waals surface area contributed by atoms with Crippen LogP contribution < -0.4 is 5.32 Å². The molecule has 0 unspecified atom stereocenters. The first-order valence-electron chi connectivity index (χ1n) is 8.55. The number of rotatable bonds is 4. The van der Waals surface area contributed by atoms with E-state index in [1.807, 2.05) is 62.4 Å². The lowest BCUT2D eigenvalue weighted by Crippen LogP contribution is -2.30. The summed E-state index contributed by atoms with van der Waals surface area (Å²) in [5, 5.41) is 3.24. The third-order valence-electron chi connectivity index (χ3n) is 4.55. The third-order valence-corrected chi connectivity index (χ3v) is 4.55. The Kier molecular flexibility index (Phi) is 4.99. The van der Waals surface area contributed by atoms with Crippen LogP contribution in [0.1, 0.15) is 44.2 Å². The summed E-state index contributed by atoms with van der Waals surface area (Å²) < 4.78 is 0. The number of nitrogens with one attached hydrogen (secondary N) is 1. The summed E-state index contributed by atoms with van der Waals surface area (Å²) in [4.78, 5) is 13.0. The molecule has 1 amide bonds. The molecular weight excluding hydrogens is 306 g/mol. The van der Waals surface area contributed by atoms with Crippen LogP contribution in [-0.4, -0.2) is 5.91 Å². The Morgan fingerprint density at radius 1 is 0.800 bits per heavy atom. The van der Waals surface area contributed by atoms with Crippen molar-refractivity contribution in [3.05, 3.63) is 106 Å². The van der Waals surface area contributed by atoms with Gasteiger partial charge in [-0.3, -0.25) is 4.79 Å². The van der Waals surface area contributed by atoms with E-state index in [1.165, 1.54) is 0 Å². The maximum Gasteiger partial charge on any atom is 0.252 e. The minimum atomic E-state index is -0.171. The fourth-order valence-corrected chi connectivity index (χ4v) is 3.09. The Balaban J connectivity index is 2.00. The SMILES string of the molecule is Cc1ccc(C)c(C(=O)N[C@H](c2ccccc2)c2ccccc2C)c1. The van der Waals surface area contributed by atoms with Crippen molar-refractivity contribution in [1.82, 2.24) is 5.32 Å². The maximum atomic E-state index is 13.0. The second-order valence-electron chi connectivity index (χ2n) is 6.49. The lowest BCUT2D eigenvalue weighted by molar-refractivity contribution is 0.0942. The molecule has 126 valence electrons. The summed E-state index contributed by atoms with van der Waals surface area (Å²) in [5.41, 5.74) is 6.16. The second-order valence-corrected chi connectivity index (χ2v) is 6.49. The minimum absolute atomic E-state index is 0.0432. The highest BCUT2D eigenvalue weighted by Crippen LogP contribution is 2.25. The predicted molar refractivity (Wildman–Crippen MR) is 103 cm³/mol. The Morgan fingerprint density at radius 3 is 2.20 bits per heavy atom. The standard InChI is InChI=1S/C23H23NO/c1-16-13-14-18(3)21(15-16)23(25)24-22(19-10-5-4-6-11-19)20-12-8-7-9-17(20)2/h4-15,22H,1-3H3,(H,24,25)/t22-/m1/s1. The topological polar surface area (TPSA) is 29.1 Å². The molecule has 0 radical (unpaired) electrons. The molecule has 3 rings (SSSR count). The molecule has 0 aliphatic heterocycles. The maximum absolute atomic E-state index is 13.0. The van der Waals surface area contributed by atoms with E-state index in [-0.39, 0.29) is 11.9 Å². The molecule has 2 heteroatoms. The van der Waals surface area contributed by atoms with Crippen LogP contribution in [0.15, 0.2) is 72.8 Å². The smallest absolute Gasteiger partial charge is 0.252 e. The molecule has 1 atom stereocenters. The van der Waals surface area contributed by atoms with Crippen molar-refractivity contribution in [2.45, 2.75) is 26.8 Å². The lowest BCUT2D eigenvalue weighted by Gasteiger charge is -2.22. The molecule has 0 spiro atoms. The van der Waals surface area contributed by atoms with Crippen molar-refractivity contribution in [1.29, 1.82) is 0 Å². The molecule has 2 nitrogen and oxygen atoms in total. The third kappa shape index (κ3) is 3.80. The first-order chi connectivity index (χ1) is 12.1. The van der Waals surface area contributed by atoms with Crippen molar-refractivity contribution >= 4 is 5.91 Å². The summed E-state index contributed by atoms with van der Waals surface area (Å²) in [5.74, 6) is -0.0432. The van der Waals surface area contributed by atoms with Gasteiger partial charge in [0.25, 0.3) is 5.91 Å². The quantitative estimate of drug-likeness (QED) is 0.706. The fourth-order valence-electron chi connectivity index (χ4n) is 3.09. The average molecular weight is 329 g/mol. The Labute approximate surface area is 149 Å². The van der Waals surface area contributed by atoms with Gasteiger partial charge in [-0.1, -0.05) is 72.3 Å². The zero-order valence-corrected chi connectivity index (χ0v) is 14.9. The van der Waals surface area contributed by atoms with Crippen molar-refractivity contribution in [3.8, 4) is 0 Å². The molecule has 1 N–H and O–H groups in total. The zero-order valence-electron chi connectivity index (χ0n) is 14.9. The van der Waals surface area contributed by atoms with E-state index in [2.05, 4.69) is 36.5 Å². The van der Waals surface area contributed by atoms with Crippen LogP contribution in [-0.2, 0) is 0 Å². The van der Waals surface area contributed by atoms with Crippen LogP contribution in [0.4, 0.5) is 0 Å². The van der Waals surface area contributed by atoms with Crippen molar-refractivity contribution in [2.75, 3.05) is 0 Å². The first-order valence-corrected chi connectivity index (χ1v) is 8.55. The molecule has 0 saturated carbocycles. The normalized spacial score (nSPS) is 11.8. The van der Waals surface area contributed by atoms with Gasteiger partial charge in [0.1, 0.15) is 0 Å². The molecule has 0 bridgehead atoms. The summed E-state index contributed by atoms with van der Waals surface area (Å²) in [6, 6.07) is 24.1. The van der Waals surface area contributed by atoms with Gasteiger partial charge in [-0.15, -0.1) is 0 Å². The molecule has 3 aromatic rings. The molecular formula is C23H23NO. The number of hydrogen-bond acceptors (Lipinski definition) is 1. The minimum Gasteiger partial charge on any atom is -0.341 e. The lowest BCUT2D eigenvalue weighted by atomic mass is 9.94. The molecule has 0 saturated heterocycles.